The molecule has 92 valence electrons. The number of thiophene rings is 1. The molecule has 1 aromatic rings. The average molecular weight is 241 g/mol. The van der Waals surface area contributed by atoms with Gasteiger partial charge in [-0.1, -0.05) is 6.92 Å². The second-order valence-corrected chi connectivity index (χ2v) is 6.30. The second kappa shape index (κ2) is 5.80. The standard InChI is InChI=1S/C13H23NOS/c1-6-14-11(9-15-13(3,4)5)12-8-7-10(2)16-12/h7-8,11,14H,6,9H2,1-5H3. The summed E-state index contributed by atoms with van der Waals surface area (Å²) in [5.74, 6) is 0. The predicted molar refractivity (Wildman–Crippen MR) is 71.2 cm³/mol. The van der Waals surface area contributed by atoms with Gasteiger partial charge in [-0.2, -0.15) is 0 Å². The Morgan fingerprint density at radius 1 is 1.38 bits per heavy atom. The molecule has 0 bridgehead atoms. The summed E-state index contributed by atoms with van der Waals surface area (Å²) in [6.45, 7) is 12.2. The minimum Gasteiger partial charge on any atom is -0.374 e. The smallest absolute Gasteiger partial charge is 0.0676 e. The molecule has 0 radical (unpaired) electrons. The van der Waals surface area contributed by atoms with Gasteiger partial charge in [-0.25, -0.2) is 0 Å². The van der Waals surface area contributed by atoms with Crippen molar-refractivity contribution >= 4 is 11.3 Å². The van der Waals surface area contributed by atoms with Crippen molar-refractivity contribution in [2.75, 3.05) is 13.2 Å². The molecule has 0 spiro atoms. The van der Waals surface area contributed by atoms with Gasteiger partial charge in [0.2, 0.25) is 0 Å². The second-order valence-electron chi connectivity index (χ2n) is 4.98. The van der Waals surface area contributed by atoms with E-state index in [4.69, 9.17) is 4.74 Å². The molecule has 1 rings (SSSR count). The first kappa shape index (κ1) is 13.7. The third-order valence-electron chi connectivity index (χ3n) is 2.24. The molecular formula is C13H23NOS. The van der Waals surface area contributed by atoms with Gasteiger partial charge in [0.05, 0.1) is 18.2 Å². The summed E-state index contributed by atoms with van der Waals surface area (Å²) in [6.07, 6.45) is 0. The number of ether oxygens (including phenoxy) is 1. The van der Waals surface area contributed by atoms with Crippen LogP contribution in [0.25, 0.3) is 0 Å². The third-order valence-corrected chi connectivity index (χ3v) is 3.35. The van der Waals surface area contributed by atoms with Crippen molar-refractivity contribution in [2.45, 2.75) is 46.3 Å². The van der Waals surface area contributed by atoms with E-state index in [9.17, 15) is 0 Å². The molecule has 1 aromatic heterocycles. The first-order chi connectivity index (χ1) is 7.42. The molecule has 16 heavy (non-hydrogen) atoms. The minimum atomic E-state index is -0.0695. The van der Waals surface area contributed by atoms with Gasteiger partial charge in [0.25, 0.3) is 0 Å². The highest BCUT2D eigenvalue weighted by Crippen LogP contribution is 2.24. The zero-order valence-electron chi connectivity index (χ0n) is 11.0. The van der Waals surface area contributed by atoms with Crippen molar-refractivity contribution in [3.63, 3.8) is 0 Å². The largest absolute Gasteiger partial charge is 0.374 e. The Balaban J connectivity index is 2.61. The maximum atomic E-state index is 5.85. The number of hydrogen-bond donors (Lipinski definition) is 1. The summed E-state index contributed by atoms with van der Waals surface area (Å²) in [4.78, 5) is 2.72. The number of rotatable bonds is 5. The Bertz CT molecular complexity index is 314. The summed E-state index contributed by atoms with van der Waals surface area (Å²) < 4.78 is 5.85. The third kappa shape index (κ3) is 4.64. The zero-order chi connectivity index (χ0) is 12.2. The van der Waals surface area contributed by atoms with Crippen LogP contribution in [0.3, 0.4) is 0 Å². The molecule has 1 atom stereocenters. The summed E-state index contributed by atoms with van der Waals surface area (Å²) in [5.41, 5.74) is -0.0695. The lowest BCUT2D eigenvalue weighted by Crippen LogP contribution is -2.29. The summed E-state index contributed by atoms with van der Waals surface area (Å²) in [6, 6.07) is 4.68. The van der Waals surface area contributed by atoms with E-state index in [1.165, 1.54) is 9.75 Å². The summed E-state index contributed by atoms with van der Waals surface area (Å²) in [7, 11) is 0. The van der Waals surface area contributed by atoms with E-state index < -0.39 is 0 Å². The number of hydrogen-bond acceptors (Lipinski definition) is 3. The predicted octanol–water partition coefficient (Wildman–Crippen LogP) is 3.52. The van der Waals surface area contributed by atoms with Crippen LogP contribution in [0.2, 0.25) is 0 Å². The molecule has 0 fully saturated rings. The van der Waals surface area contributed by atoms with E-state index in [1.54, 1.807) is 0 Å². The van der Waals surface area contributed by atoms with Gasteiger partial charge in [-0.15, -0.1) is 11.3 Å². The molecule has 1 N–H and O–H groups in total. The zero-order valence-corrected chi connectivity index (χ0v) is 11.8. The van der Waals surface area contributed by atoms with Crippen LogP contribution in [0.5, 0.6) is 0 Å². The van der Waals surface area contributed by atoms with Crippen molar-refractivity contribution in [3.05, 3.63) is 21.9 Å². The van der Waals surface area contributed by atoms with Crippen molar-refractivity contribution in [1.82, 2.24) is 5.32 Å². The van der Waals surface area contributed by atoms with Crippen LogP contribution in [0.1, 0.15) is 43.5 Å². The Morgan fingerprint density at radius 2 is 2.06 bits per heavy atom. The Labute approximate surface area is 103 Å². The monoisotopic (exact) mass is 241 g/mol. The van der Waals surface area contributed by atoms with E-state index in [0.29, 0.717) is 6.04 Å². The van der Waals surface area contributed by atoms with E-state index in [2.05, 4.69) is 52.1 Å². The summed E-state index contributed by atoms with van der Waals surface area (Å²) in [5, 5.41) is 3.47. The maximum absolute atomic E-state index is 5.85. The molecular weight excluding hydrogens is 218 g/mol. The highest BCUT2D eigenvalue weighted by atomic mass is 32.1. The van der Waals surface area contributed by atoms with Gasteiger partial charge < -0.3 is 10.1 Å². The molecule has 0 saturated carbocycles. The lowest BCUT2D eigenvalue weighted by molar-refractivity contribution is -0.0142. The van der Waals surface area contributed by atoms with Crippen LogP contribution in [-0.4, -0.2) is 18.8 Å². The van der Waals surface area contributed by atoms with Crippen molar-refractivity contribution in [2.24, 2.45) is 0 Å². The molecule has 1 heterocycles. The van der Waals surface area contributed by atoms with E-state index in [0.717, 1.165) is 13.2 Å². The van der Waals surface area contributed by atoms with Crippen LogP contribution >= 0.6 is 11.3 Å². The van der Waals surface area contributed by atoms with Gasteiger partial charge in [-0.3, -0.25) is 0 Å². The van der Waals surface area contributed by atoms with Gasteiger partial charge in [0, 0.05) is 9.75 Å². The van der Waals surface area contributed by atoms with Crippen LogP contribution in [0, 0.1) is 6.92 Å². The van der Waals surface area contributed by atoms with E-state index >= 15 is 0 Å². The normalized spacial score (nSPS) is 14.1. The first-order valence-electron chi connectivity index (χ1n) is 5.86. The lowest BCUT2D eigenvalue weighted by Gasteiger charge is -2.24. The van der Waals surface area contributed by atoms with Crippen molar-refractivity contribution in [3.8, 4) is 0 Å². The van der Waals surface area contributed by atoms with Gasteiger partial charge in [0.15, 0.2) is 0 Å². The van der Waals surface area contributed by atoms with E-state index in [-0.39, 0.29) is 5.60 Å². The van der Waals surface area contributed by atoms with Crippen LogP contribution < -0.4 is 5.32 Å². The highest BCUT2D eigenvalue weighted by molar-refractivity contribution is 7.12. The minimum absolute atomic E-state index is 0.0695. The molecule has 3 heteroatoms. The Kier molecular flexibility index (Phi) is 4.96. The van der Waals surface area contributed by atoms with Crippen LogP contribution in [0.4, 0.5) is 0 Å². The van der Waals surface area contributed by atoms with Crippen LogP contribution in [0.15, 0.2) is 12.1 Å². The van der Waals surface area contributed by atoms with Crippen molar-refractivity contribution < 1.29 is 4.74 Å². The van der Waals surface area contributed by atoms with Gasteiger partial charge >= 0.3 is 0 Å². The van der Waals surface area contributed by atoms with Gasteiger partial charge in [0.1, 0.15) is 0 Å². The van der Waals surface area contributed by atoms with Gasteiger partial charge in [-0.05, 0) is 46.4 Å². The average Bonchev–Trinajstić information content (AvgIpc) is 2.57. The molecule has 0 aliphatic carbocycles. The fourth-order valence-corrected chi connectivity index (χ4v) is 2.40. The fraction of sp³-hybridized carbons (Fsp3) is 0.692. The SMILES string of the molecule is CCNC(COC(C)(C)C)c1ccc(C)s1. The molecule has 0 aliphatic rings. The highest BCUT2D eigenvalue weighted by Gasteiger charge is 2.17. The topological polar surface area (TPSA) is 21.3 Å². The molecule has 2 nitrogen and oxygen atoms in total. The molecule has 0 saturated heterocycles. The molecule has 0 aromatic carbocycles. The Hall–Kier alpha value is -0.380. The number of aryl methyl sites for hydroxylation is 1. The maximum Gasteiger partial charge on any atom is 0.0676 e. The van der Waals surface area contributed by atoms with Crippen molar-refractivity contribution in [1.29, 1.82) is 0 Å². The quantitative estimate of drug-likeness (QED) is 0.851. The number of likely N-dealkylation sites (N-methyl/N-ethyl adjacent to an activating group) is 1. The molecule has 0 amide bonds. The fourth-order valence-electron chi connectivity index (χ4n) is 1.46. The van der Waals surface area contributed by atoms with E-state index in [1.807, 2.05) is 11.3 Å². The Morgan fingerprint density at radius 3 is 2.50 bits per heavy atom. The first-order valence-corrected chi connectivity index (χ1v) is 6.67. The number of nitrogens with one attached hydrogen (secondary N) is 1. The molecule has 0 aliphatic heterocycles. The summed E-state index contributed by atoms with van der Waals surface area (Å²) >= 11 is 1.84. The van der Waals surface area contributed by atoms with Crippen LogP contribution in [-0.2, 0) is 4.74 Å². The molecule has 1 unspecified atom stereocenters. The lowest BCUT2D eigenvalue weighted by atomic mass is 10.2.